The van der Waals surface area contributed by atoms with Crippen molar-refractivity contribution < 1.29 is 14.0 Å². The quantitative estimate of drug-likeness (QED) is 0.426. The van der Waals surface area contributed by atoms with Crippen molar-refractivity contribution >= 4 is 11.3 Å². The molecular formula is C22H19N3O3S. The van der Waals surface area contributed by atoms with Crippen molar-refractivity contribution in [3.05, 3.63) is 52.9 Å². The fraction of sp³-hybridized carbons (Fsp3) is 0.227. The molecule has 29 heavy (non-hydrogen) atoms. The lowest BCUT2D eigenvalue weighted by atomic mass is 10.1. The second kappa shape index (κ2) is 7.33. The van der Waals surface area contributed by atoms with E-state index in [0.717, 1.165) is 16.8 Å². The number of rotatable bonds is 6. The van der Waals surface area contributed by atoms with Crippen LogP contribution in [0.5, 0.6) is 11.5 Å². The minimum Gasteiger partial charge on any atom is -0.493 e. The van der Waals surface area contributed by atoms with E-state index in [2.05, 4.69) is 15.5 Å². The third-order valence-electron chi connectivity index (χ3n) is 4.95. The first kappa shape index (κ1) is 17.9. The molecule has 1 aliphatic rings. The van der Waals surface area contributed by atoms with Crippen LogP contribution in [0.1, 0.15) is 23.8 Å². The molecule has 1 fully saturated rings. The Hall–Kier alpha value is -3.19. The lowest BCUT2D eigenvalue weighted by Gasteiger charge is -2.09. The average molecular weight is 405 g/mol. The van der Waals surface area contributed by atoms with Crippen LogP contribution in [0, 0.1) is 0 Å². The first-order chi connectivity index (χ1) is 14.3. The van der Waals surface area contributed by atoms with Gasteiger partial charge in [0.05, 0.1) is 30.5 Å². The number of thiazole rings is 1. The fourth-order valence-electron chi connectivity index (χ4n) is 3.23. The predicted octanol–water partition coefficient (Wildman–Crippen LogP) is 5.42. The van der Waals surface area contributed by atoms with E-state index in [0.29, 0.717) is 34.7 Å². The molecule has 2 aromatic carbocycles. The molecule has 146 valence electrons. The van der Waals surface area contributed by atoms with Crippen LogP contribution in [0.15, 0.2) is 52.4 Å². The molecule has 6 nitrogen and oxygen atoms in total. The lowest BCUT2D eigenvalue weighted by molar-refractivity contribution is 0.353. The maximum atomic E-state index is 5.49. The van der Waals surface area contributed by atoms with Gasteiger partial charge < -0.3 is 14.0 Å². The molecular weight excluding hydrogens is 386 g/mol. The van der Waals surface area contributed by atoms with E-state index in [1.807, 2.05) is 42.5 Å². The van der Waals surface area contributed by atoms with Crippen molar-refractivity contribution in [2.45, 2.75) is 18.8 Å². The highest BCUT2D eigenvalue weighted by Gasteiger charge is 2.26. The number of methoxy groups -OCH3 is 2. The molecule has 0 saturated heterocycles. The van der Waals surface area contributed by atoms with Gasteiger partial charge in [-0.05, 0) is 25.0 Å². The topological polar surface area (TPSA) is 70.3 Å². The van der Waals surface area contributed by atoms with Crippen molar-refractivity contribution in [3.63, 3.8) is 0 Å². The van der Waals surface area contributed by atoms with Gasteiger partial charge in [0, 0.05) is 22.4 Å². The normalized spacial score (nSPS) is 13.4. The van der Waals surface area contributed by atoms with E-state index in [4.69, 9.17) is 19.0 Å². The summed E-state index contributed by atoms with van der Waals surface area (Å²) < 4.78 is 16.3. The van der Waals surface area contributed by atoms with Gasteiger partial charge in [-0.2, -0.15) is 4.98 Å². The first-order valence-electron chi connectivity index (χ1n) is 9.38. The van der Waals surface area contributed by atoms with Crippen molar-refractivity contribution in [1.29, 1.82) is 0 Å². The molecule has 0 atom stereocenters. The Balaban J connectivity index is 1.42. The molecule has 0 spiro atoms. The summed E-state index contributed by atoms with van der Waals surface area (Å²) >= 11 is 1.75. The van der Waals surface area contributed by atoms with Crippen molar-refractivity contribution in [3.8, 4) is 45.6 Å². The number of hydrogen-bond acceptors (Lipinski definition) is 7. The minimum atomic E-state index is 0.383. The number of nitrogens with zero attached hydrogens (tertiary/aromatic N) is 3. The molecule has 2 aromatic heterocycles. The molecule has 0 radical (unpaired) electrons. The molecule has 0 aliphatic heterocycles. The highest BCUT2D eigenvalue weighted by atomic mass is 32.1. The van der Waals surface area contributed by atoms with Gasteiger partial charge in [-0.3, -0.25) is 0 Å². The van der Waals surface area contributed by atoms with Crippen LogP contribution < -0.4 is 9.47 Å². The molecule has 0 bridgehead atoms. The van der Waals surface area contributed by atoms with Crippen molar-refractivity contribution in [2.75, 3.05) is 14.2 Å². The van der Waals surface area contributed by atoms with E-state index >= 15 is 0 Å². The van der Waals surface area contributed by atoms with Crippen LogP contribution in [0.25, 0.3) is 34.1 Å². The van der Waals surface area contributed by atoms with Gasteiger partial charge in [-0.25, -0.2) is 4.98 Å². The number of para-hydroxylation sites is 1. The monoisotopic (exact) mass is 405 g/mol. The highest BCUT2D eigenvalue weighted by molar-refractivity contribution is 7.10. The van der Waals surface area contributed by atoms with Crippen LogP contribution in [-0.4, -0.2) is 29.3 Å². The Labute approximate surface area is 172 Å². The lowest BCUT2D eigenvalue weighted by Crippen LogP contribution is -1.93. The van der Waals surface area contributed by atoms with Crippen molar-refractivity contribution in [1.82, 2.24) is 15.1 Å². The van der Waals surface area contributed by atoms with Crippen LogP contribution in [0.3, 0.4) is 0 Å². The molecule has 5 rings (SSSR count). The summed E-state index contributed by atoms with van der Waals surface area (Å²) in [4.78, 5) is 9.31. The summed E-state index contributed by atoms with van der Waals surface area (Å²) in [6.45, 7) is 0. The Bertz CT molecular complexity index is 1150. The fourth-order valence-corrected chi connectivity index (χ4v) is 4.23. The van der Waals surface area contributed by atoms with E-state index in [1.165, 1.54) is 17.8 Å². The van der Waals surface area contributed by atoms with Gasteiger partial charge in [0.2, 0.25) is 5.82 Å². The smallest absolute Gasteiger partial charge is 0.262 e. The highest BCUT2D eigenvalue weighted by Crippen LogP contribution is 2.42. The van der Waals surface area contributed by atoms with Gasteiger partial charge in [0.25, 0.3) is 5.89 Å². The summed E-state index contributed by atoms with van der Waals surface area (Å²) in [5, 5.41) is 7.51. The Morgan fingerprint density at radius 3 is 2.48 bits per heavy atom. The minimum absolute atomic E-state index is 0.383. The van der Waals surface area contributed by atoms with Crippen LogP contribution in [0.4, 0.5) is 0 Å². The Morgan fingerprint density at radius 1 is 0.966 bits per heavy atom. The summed E-state index contributed by atoms with van der Waals surface area (Å²) in [5.74, 6) is 2.76. The molecule has 0 N–H and O–H groups in total. The van der Waals surface area contributed by atoms with Gasteiger partial charge in [-0.15, -0.1) is 11.3 Å². The predicted molar refractivity (Wildman–Crippen MR) is 111 cm³/mol. The van der Waals surface area contributed by atoms with E-state index in [9.17, 15) is 0 Å². The molecule has 1 saturated carbocycles. The number of benzene rings is 2. The SMILES string of the molecule is COc1cccc(-c2nc(-c3ccc(-c4csc(C5CC5)n4)cc3)no2)c1OC. The second-order valence-electron chi connectivity index (χ2n) is 6.89. The van der Waals surface area contributed by atoms with Crippen LogP contribution in [0.2, 0.25) is 0 Å². The molecule has 1 aliphatic carbocycles. The third kappa shape index (κ3) is 3.38. The zero-order valence-electron chi connectivity index (χ0n) is 16.1. The summed E-state index contributed by atoms with van der Waals surface area (Å²) in [6.07, 6.45) is 2.54. The Morgan fingerprint density at radius 2 is 1.76 bits per heavy atom. The zero-order chi connectivity index (χ0) is 19.8. The van der Waals surface area contributed by atoms with Gasteiger partial charge in [-0.1, -0.05) is 35.5 Å². The molecule has 2 heterocycles. The van der Waals surface area contributed by atoms with Gasteiger partial charge >= 0.3 is 0 Å². The summed E-state index contributed by atoms with van der Waals surface area (Å²) in [6, 6.07) is 13.6. The zero-order valence-corrected chi connectivity index (χ0v) is 16.9. The standard InChI is InChI=1S/C22H19N3O3S/c1-26-18-5-3-4-16(19(18)27-2)21-24-20(25-28-21)14-8-6-13(7-9-14)17-12-29-22(23-17)15-10-11-15/h3-9,12,15H,10-11H2,1-2H3. The maximum absolute atomic E-state index is 5.49. The molecule has 7 heteroatoms. The molecule has 0 unspecified atom stereocenters. The Kier molecular flexibility index (Phi) is 4.52. The summed E-state index contributed by atoms with van der Waals surface area (Å²) in [7, 11) is 3.18. The van der Waals surface area contributed by atoms with E-state index in [1.54, 1.807) is 25.6 Å². The number of aromatic nitrogens is 3. The second-order valence-corrected chi connectivity index (χ2v) is 7.78. The average Bonchev–Trinajstić information content (AvgIpc) is 3.30. The summed E-state index contributed by atoms with van der Waals surface area (Å²) in [5.41, 5.74) is 3.69. The third-order valence-corrected chi connectivity index (χ3v) is 5.95. The van der Waals surface area contributed by atoms with E-state index in [-0.39, 0.29) is 0 Å². The maximum Gasteiger partial charge on any atom is 0.262 e. The molecule has 0 amide bonds. The first-order valence-corrected chi connectivity index (χ1v) is 10.3. The largest absolute Gasteiger partial charge is 0.493 e. The number of hydrogen-bond donors (Lipinski definition) is 0. The van der Waals surface area contributed by atoms with Crippen LogP contribution in [-0.2, 0) is 0 Å². The van der Waals surface area contributed by atoms with Crippen molar-refractivity contribution in [2.24, 2.45) is 0 Å². The van der Waals surface area contributed by atoms with E-state index < -0.39 is 0 Å². The van der Waals surface area contributed by atoms with Gasteiger partial charge in [0.1, 0.15) is 0 Å². The number of ether oxygens (including phenoxy) is 2. The molecule has 4 aromatic rings. The van der Waals surface area contributed by atoms with Gasteiger partial charge in [0.15, 0.2) is 11.5 Å². The van der Waals surface area contributed by atoms with Crippen LogP contribution >= 0.6 is 11.3 Å².